The molecule has 0 radical (unpaired) electrons. The van der Waals surface area contributed by atoms with Gasteiger partial charge in [-0.25, -0.2) is 4.98 Å². The summed E-state index contributed by atoms with van der Waals surface area (Å²) in [5, 5.41) is 19.0. The van der Waals surface area contributed by atoms with Crippen molar-refractivity contribution in [3.05, 3.63) is 77.6 Å². The highest BCUT2D eigenvalue weighted by molar-refractivity contribution is 5.80. The molecule has 5 aromatic rings. The second kappa shape index (κ2) is 8.22. The predicted molar refractivity (Wildman–Crippen MR) is 124 cm³/mol. The number of rotatable bonds is 6. The Bertz CT molecular complexity index is 1350. The summed E-state index contributed by atoms with van der Waals surface area (Å²) in [6, 6.07) is 18.8. The molecule has 32 heavy (non-hydrogen) atoms. The second-order valence-corrected chi connectivity index (χ2v) is 7.86. The van der Waals surface area contributed by atoms with Crippen molar-refractivity contribution >= 4 is 11.5 Å². The number of H-pyrrole nitrogens is 1. The van der Waals surface area contributed by atoms with Gasteiger partial charge in [0.05, 0.1) is 6.20 Å². The highest BCUT2D eigenvalue weighted by Gasteiger charge is 2.14. The normalized spacial score (nSPS) is 11.2. The van der Waals surface area contributed by atoms with Crippen LogP contribution in [-0.2, 0) is 13.0 Å². The van der Waals surface area contributed by atoms with E-state index in [9.17, 15) is 0 Å². The number of tetrazole rings is 1. The van der Waals surface area contributed by atoms with Crippen LogP contribution in [0.4, 0.5) is 5.82 Å². The Balaban J connectivity index is 1.43. The Kier molecular flexibility index (Phi) is 5.10. The molecule has 1 N–H and O–H groups in total. The van der Waals surface area contributed by atoms with Gasteiger partial charge in [0.25, 0.3) is 0 Å². The topological polar surface area (TPSA) is 87.9 Å². The summed E-state index contributed by atoms with van der Waals surface area (Å²) in [6.07, 6.45) is 2.76. The van der Waals surface area contributed by atoms with Gasteiger partial charge in [0.1, 0.15) is 5.82 Å². The first kappa shape index (κ1) is 19.9. The monoisotopic (exact) mass is 424 g/mol. The molecule has 0 atom stereocenters. The van der Waals surface area contributed by atoms with Gasteiger partial charge in [-0.3, -0.25) is 0 Å². The van der Waals surface area contributed by atoms with Crippen molar-refractivity contribution in [1.82, 2.24) is 35.2 Å². The average molecular weight is 425 g/mol. The molecule has 0 spiro atoms. The third-order valence-electron chi connectivity index (χ3n) is 5.63. The van der Waals surface area contributed by atoms with Crippen molar-refractivity contribution in [2.24, 2.45) is 0 Å². The smallest absolute Gasteiger partial charge is 0.205 e. The number of anilines is 1. The summed E-state index contributed by atoms with van der Waals surface area (Å²) in [6.45, 7) is 4.93. The van der Waals surface area contributed by atoms with Crippen LogP contribution in [-0.4, -0.2) is 42.3 Å². The van der Waals surface area contributed by atoms with E-state index in [1.165, 1.54) is 5.56 Å². The molecule has 2 aromatic carbocycles. The Morgan fingerprint density at radius 2 is 1.81 bits per heavy atom. The highest BCUT2D eigenvalue weighted by Crippen LogP contribution is 2.30. The van der Waals surface area contributed by atoms with Crippen molar-refractivity contribution in [2.45, 2.75) is 26.8 Å². The van der Waals surface area contributed by atoms with Crippen LogP contribution in [0.15, 0.2) is 60.8 Å². The lowest BCUT2D eigenvalue weighted by atomic mass is 9.98. The van der Waals surface area contributed by atoms with Crippen LogP contribution in [0.3, 0.4) is 0 Å². The number of aromatic nitrogens is 7. The minimum Gasteiger partial charge on any atom is -0.355 e. The molecule has 0 amide bonds. The maximum atomic E-state index is 4.73. The van der Waals surface area contributed by atoms with Gasteiger partial charge in [0.15, 0.2) is 5.65 Å². The molecule has 0 fully saturated rings. The number of aryl methyl sites for hydroxylation is 2. The Labute approximate surface area is 185 Å². The van der Waals surface area contributed by atoms with E-state index in [1.54, 1.807) is 0 Å². The van der Waals surface area contributed by atoms with Crippen LogP contribution in [0.5, 0.6) is 0 Å². The summed E-state index contributed by atoms with van der Waals surface area (Å²) in [5.74, 6) is 1.62. The molecular weight excluding hydrogens is 400 g/mol. The third-order valence-corrected chi connectivity index (χ3v) is 5.63. The zero-order valence-electron chi connectivity index (χ0n) is 18.3. The minimum absolute atomic E-state index is 0.590. The van der Waals surface area contributed by atoms with Gasteiger partial charge >= 0.3 is 0 Å². The van der Waals surface area contributed by atoms with E-state index >= 15 is 0 Å². The maximum absolute atomic E-state index is 4.73. The van der Waals surface area contributed by atoms with E-state index in [2.05, 4.69) is 81.0 Å². The largest absolute Gasteiger partial charge is 0.355 e. The van der Waals surface area contributed by atoms with E-state index in [-0.39, 0.29) is 0 Å². The van der Waals surface area contributed by atoms with Crippen molar-refractivity contribution < 1.29 is 0 Å². The molecule has 8 nitrogen and oxygen atoms in total. The molecule has 0 saturated heterocycles. The van der Waals surface area contributed by atoms with Crippen molar-refractivity contribution in [3.63, 3.8) is 0 Å². The number of nitrogens with one attached hydrogen (secondary N) is 1. The van der Waals surface area contributed by atoms with Crippen LogP contribution in [0.25, 0.3) is 28.2 Å². The minimum atomic E-state index is 0.590. The van der Waals surface area contributed by atoms with E-state index in [0.717, 1.165) is 52.4 Å². The van der Waals surface area contributed by atoms with Gasteiger partial charge < -0.3 is 4.90 Å². The molecule has 0 aliphatic heterocycles. The zero-order chi connectivity index (χ0) is 22.1. The fourth-order valence-electron chi connectivity index (χ4n) is 3.91. The SMILES string of the molecule is CCc1cc(N(C)Cc2ccc(-c3ccccc3-c3nn[nH]n3)cc2)n2ncc(C)c2n1. The standard InChI is InChI=1S/C24H24N8/c1-4-19-13-22(32-24(26-19)16(2)14-25-32)31(3)15-17-9-11-18(12-10-17)20-7-5-6-8-21(20)23-27-29-30-28-23/h5-14H,4,15H2,1-3H3,(H,27,28,29,30). The number of nitrogens with zero attached hydrogens (tertiary/aromatic N) is 7. The molecule has 0 bridgehead atoms. The lowest BCUT2D eigenvalue weighted by Gasteiger charge is -2.21. The molecule has 5 rings (SSSR count). The molecule has 3 heterocycles. The quantitative estimate of drug-likeness (QED) is 0.442. The van der Waals surface area contributed by atoms with Gasteiger partial charge in [-0.05, 0) is 35.2 Å². The molecule has 0 aliphatic carbocycles. The number of fused-ring (bicyclic) bond motifs is 1. The summed E-state index contributed by atoms with van der Waals surface area (Å²) < 4.78 is 1.92. The Hall–Kier alpha value is -4.07. The van der Waals surface area contributed by atoms with Crippen molar-refractivity contribution in [2.75, 3.05) is 11.9 Å². The van der Waals surface area contributed by atoms with E-state index in [4.69, 9.17) is 4.98 Å². The van der Waals surface area contributed by atoms with Crippen LogP contribution >= 0.6 is 0 Å². The van der Waals surface area contributed by atoms with Gasteiger partial charge in [0.2, 0.25) is 5.82 Å². The highest BCUT2D eigenvalue weighted by atomic mass is 15.5. The lowest BCUT2D eigenvalue weighted by molar-refractivity contribution is 0.822. The Morgan fingerprint density at radius 3 is 2.53 bits per heavy atom. The third kappa shape index (κ3) is 3.60. The summed E-state index contributed by atoms with van der Waals surface area (Å²) in [5.41, 5.74) is 7.41. The molecule has 160 valence electrons. The molecule has 0 saturated carbocycles. The van der Waals surface area contributed by atoms with Gasteiger partial charge in [-0.1, -0.05) is 55.5 Å². The maximum Gasteiger partial charge on any atom is 0.205 e. The number of hydrogen-bond acceptors (Lipinski definition) is 6. The summed E-state index contributed by atoms with van der Waals surface area (Å²) >= 11 is 0. The number of hydrogen-bond donors (Lipinski definition) is 1. The van der Waals surface area contributed by atoms with Crippen molar-refractivity contribution in [3.8, 4) is 22.5 Å². The van der Waals surface area contributed by atoms with E-state index < -0.39 is 0 Å². The average Bonchev–Trinajstić information content (AvgIpc) is 3.49. The van der Waals surface area contributed by atoms with Gasteiger partial charge in [-0.15, -0.1) is 10.2 Å². The second-order valence-electron chi connectivity index (χ2n) is 7.86. The van der Waals surface area contributed by atoms with Crippen LogP contribution in [0, 0.1) is 6.92 Å². The summed E-state index contributed by atoms with van der Waals surface area (Å²) in [7, 11) is 2.09. The van der Waals surface area contributed by atoms with Gasteiger partial charge in [0, 0.05) is 36.5 Å². The molecule has 0 aliphatic rings. The van der Waals surface area contributed by atoms with E-state index in [1.807, 2.05) is 35.8 Å². The first-order valence-corrected chi connectivity index (χ1v) is 10.6. The first-order chi connectivity index (χ1) is 15.6. The lowest BCUT2D eigenvalue weighted by Crippen LogP contribution is -2.20. The zero-order valence-corrected chi connectivity index (χ0v) is 18.3. The molecule has 3 aromatic heterocycles. The van der Waals surface area contributed by atoms with Crippen LogP contribution in [0.2, 0.25) is 0 Å². The van der Waals surface area contributed by atoms with E-state index in [0.29, 0.717) is 5.82 Å². The van der Waals surface area contributed by atoms with Crippen LogP contribution < -0.4 is 4.90 Å². The fraction of sp³-hybridized carbons (Fsp3) is 0.208. The fourth-order valence-corrected chi connectivity index (χ4v) is 3.91. The van der Waals surface area contributed by atoms with Crippen LogP contribution in [0.1, 0.15) is 23.7 Å². The number of benzene rings is 2. The molecule has 8 heteroatoms. The first-order valence-electron chi connectivity index (χ1n) is 10.6. The summed E-state index contributed by atoms with van der Waals surface area (Å²) in [4.78, 5) is 6.95. The Morgan fingerprint density at radius 1 is 1.03 bits per heavy atom. The van der Waals surface area contributed by atoms with Gasteiger partial charge in [-0.2, -0.15) is 14.8 Å². The number of aromatic amines is 1. The van der Waals surface area contributed by atoms with Crippen molar-refractivity contribution in [1.29, 1.82) is 0 Å². The molecule has 0 unspecified atom stereocenters. The predicted octanol–water partition coefficient (Wildman–Crippen LogP) is 4.08. The molecular formula is C24H24N8.